The molecule has 0 bridgehead atoms. The van der Waals surface area contributed by atoms with Crippen molar-refractivity contribution in [3.8, 4) is 5.75 Å². The molecule has 0 amide bonds. The summed E-state index contributed by atoms with van der Waals surface area (Å²) in [4.78, 5) is 10.6. The van der Waals surface area contributed by atoms with Gasteiger partial charge in [0.15, 0.2) is 5.75 Å². The molecule has 0 heterocycles. The molecule has 0 aromatic heterocycles. The number of nitro benzene ring substituents is 1. The van der Waals surface area contributed by atoms with Crippen LogP contribution in [0, 0.1) is 23.0 Å². The van der Waals surface area contributed by atoms with Crippen molar-refractivity contribution in [1.29, 1.82) is 0 Å². The van der Waals surface area contributed by atoms with Gasteiger partial charge in [0, 0.05) is 16.4 Å². The maximum atomic E-state index is 11.0. The van der Waals surface area contributed by atoms with E-state index in [0.717, 1.165) is 18.4 Å². The SMILES string of the molecule is Cc1cc(Br)cc([N+](=O)[O-])c1OCCC(C)CCCl. The Labute approximate surface area is 126 Å². The summed E-state index contributed by atoms with van der Waals surface area (Å²) >= 11 is 8.92. The van der Waals surface area contributed by atoms with Crippen LogP contribution in [0.2, 0.25) is 0 Å². The van der Waals surface area contributed by atoms with Crippen LogP contribution >= 0.6 is 27.5 Å². The Kier molecular flexibility index (Phi) is 6.58. The molecule has 4 nitrogen and oxygen atoms in total. The Morgan fingerprint density at radius 3 is 2.74 bits per heavy atom. The van der Waals surface area contributed by atoms with Crippen LogP contribution in [-0.2, 0) is 0 Å². The van der Waals surface area contributed by atoms with Gasteiger partial charge in [-0.25, -0.2) is 0 Å². The van der Waals surface area contributed by atoms with Gasteiger partial charge in [-0.05, 0) is 37.3 Å². The minimum atomic E-state index is -0.421. The predicted molar refractivity (Wildman–Crippen MR) is 80.1 cm³/mol. The number of hydrogen-bond acceptors (Lipinski definition) is 3. The molecule has 0 spiro atoms. The second-order valence-electron chi connectivity index (χ2n) is 4.55. The van der Waals surface area contributed by atoms with Gasteiger partial charge in [0.25, 0.3) is 0 Å². The second kappa shape index (κ2) is 7.70. The monoisotopic (exact) mass is 349 g/mol. The van der Waals surface area contributed by atoms with Crippen molar-refractivity contribution in [3.05, 3.63) is 32.3 Å². The lowest BCUT2D eigenvalue weighted by Crippen LogP contribution is -2.07. The summed E-state index contributed by atoms with van der Waals surface area (Å²) in [5, 5.41) is 11.0. The molecule has 19 heavy (non-hydrogen) atoms. The molecule has 0 aliphatic rings. The number of halogens is 2. The Hall–Kier alpha value is -0.810. The highest BCUT2D eigenvalue weighted by Gasteiger charge is 2.19. The zero-order chi connectivity index (χ0) is 14.4. The number of ether oxygens (including phenoxy) is 1. The van der Waals surface area contributed by atoms with E-state index in [0.29, 0.717) is 28.6 Å². The zero-order valence-electron chi connectivity index (χ0n) is 11.0. The first-order valence-corrected chi connectivity index (χ1v) is 7.41. The van der Waals surface area contributed by atoms with Crippen molar-refractivity contribution in [2.45, 2.75) is 26.7 Å². The Morgan fingerprint density at radius 1 is 1.47 bits per heavy atom. The summed E-state index contributed by atoms with van der Waals surface area (Å²) in [6.07, 6.45) is 1.76. The number of benzene rings is 1. The van der Waals surface area contributed by atoms with E-state index >= 15 is 0 Å². The molecule has 1 atom stereocenters. The van der Waals surface area contributed by atoms with E-state index in [1.54, 1.807) is 6.92 Å². The molecular weight excluding hydrogens is 334 g/mol. The van der Waals surface area contributed by atoms with Crippen molar-refractivity contribution < 1.29 is 9.66 Å². The molecular formula is C13H17BrClNO3. The smallest absolute Gasteiger partial charge is 0.312 e. The van der Waals surface area contributed by atoms with Gasteiger partial charge in [-0.2, -0.15) is 0 Å². The molecule has 0 aliphatic heterocycles. The molecule has 1 aromatic carbocycles. The van der Waals surface area contributed by atoms with Crippen molar-refractivity contribution >= 4 is 33.2 Å². The highest BCUT2D eigenvalue weighted by atomic mass is 79.9. The lowest BCUT2D eigenvalue weighted by Gasteiger charge is -2.13. The van der Waals surface area contributed by atoms with E-state index in [1.807, 2.05) is 6.07 Å². The van der Waals surface area contributed by atoms with Gasteiger partial charge < -0.3 is 4.74 Å². The van der Waals surface area contributed by atoms with Crippen molar-refractivity contribution in [1.82, 2.24) is 0 Å². The fourth-order valence-corrected chi connectivity index (χ4v) is 2.66. The normalized spacial score (nSPS) is 12.2. The molecule has 0 N–H and O–H groups in total. The van der Waals surface area contributed by atoms with Gasteiger partial charge in [-0.15, -0.1) is 11.6 Å². The van der Waals surface area contributed by atoms with E-state index in [-0.39, 0.29) is 5.69 Å². The Morgan fingerprint density at radius 2 is 2.16 bits per heavy atom. The van der Waals surface area contributed by atoms with E-state index in [4.69, 9.17) is 16.3 Å². The molecule has 1 aromatic rings. The van der Waals surface area contributed by atoms with Crippen LogP contribution in [0.1, 0.15) is 25.3 Å². The third-order valence-corrected chi connectivity index (χ3v) is 3.55. The standard InChI is InChI=1S/C13H17BrClNO3/c1-9(3-5-15)4-6-19-13-10(2)7-11(14)8-12(13)16(17)18/h7-9H,3-6H2,1-2H3. The largest absolute Gasteiger partial charge is 0.487 e. The highest BCUT2D eigenvalue weighted by Crippen LogP contribution is 2.34. The van der Waals surface area contributed by atoms with E-state index in [2.05, 4.69) is 22.9 Å². The van der Waals surface area contributed by atoms with Crippen molar-refractivity contribution in [3.63, 3.8) is 0 Å². The van der Waals surface area contributed by atoms with Crippen LogP contribution < -0.4 is 4.74 Å². The molecule has 0 saturated heterocycles. The first-order chi connectivity index (χ1) is 8.95. The summed E-state index contributed by atoms with van der Waals surface area (Å²) in [6.45, 7) is 4.35. The van der Waals surface area contributed by atoms with E-state index < -0.39 is 4.92 Å². The maximum absolute atomic E-state index is 11.0. The minimum Gasteiger partial charge on any atom is -0.487 e. The molecule has 1 unspecified atom stereocenters. The molecule has 106 valence electrons. The summed E-state index contributed by atoms with van der Waals surface area (Å²) in [5.74, 6) is 1.43. The lowest BCUT2D eigenvalue weighted by molar-refractivity contribution is -0.386. The molecule has 0 fully saturated rings. The number of alkyl halides is 1. The van der Waals surface area contributed by atoms with E-state index in [1.165, 1.54) is 6.07 Å². The fraction of sp³-hybridized carbons (Fsp3) is 0.538. The second-order valence-corrected chi connectivity index (χ2v) is 5.84. The van der Waals surface area contributed by atoms with Gasteiger partial charge in [-0.1, -0.05) is 22.9 Å². The average Bonchev–Trinajstić information content (AvgIpc) is 2.31. The quantitative estimate of drug-likeness (QED) is 0.407. The molecule has 0 saturated carbocycles. The van der Waals surface area contributed by atoms with Crippen LogP contribution in [0.3, 0.4) is 0 Å². The number of hydrogen-bond donors (Lipinski definition) is 0. The first kappa shape index (κ1) is 16.2. The number of nitro groups is 1. The van der Waals surface area contributed by atoms with Crippen molar-refractivity contribution in [2.75, 3.05) is 12.5 Å². The van der Waals surface area contributed by atoms with Crippen LogP contribution in [0.4, 0.5) is 5.69 Å². The summed E-state index contributed by atoms with van der Waals surface area (Å²) < 4.78 is 6.28. The van der Waals surface area contributed by atoms with Crippen LogP contribution in [0.15, 0.2) is 16.6 Å². The van der Waals surface area contributed by atoms with Gasteiger partial charge in [0.2, 0.25) is 0 Å². The predicted octanol–water partition coefficient (Wildman–Crippen LogP) is 4.70. The number of aryl methyl sites for hydroxylation is 1. The number of rotatable bonds is 7. The van der Waals surface area contributed by atoms with Crippen LogP contribution in [0.5, 0.6) is 5.75 Å². The van der Waals surface area contributed by atoms with Crippen LogP contribution in [0.25, 0.3) is 0 Å². The van der Waals surface area contributed by atoms with Crippen molar-refractivity contribution in [2.24, 2.45) is 5.92 Å². The lowest BCUT2D eigenvalue weighted by atomic mass is 10.1. The Balaban J connectivity index is 2.75. The van der Waals surface area contributed by atoms with E-state index in [9.17, 15) is 10.1 Å². The zero-order valence-corrected chi connectivity index (χ0v) is 13.3. The maximum Gasteiger partial charge on any atom is 0.312 e. The van der Waals surface area contributed by atoms with Crippen LogP contribution in [-0.4, -0.2) is 17.4 Å². The summed E-state index contributed by atoms with van der Waals surface area (Å²) in [5.41, 5.74) is 0.753. The summed E-state index contributed by atoms with van der Waals surface area (Å²) in [7, 11) is 0. The number of nitrogens with zero attached hydrogens (tertiary/aromatic N) is 1. The molecule has 0 aliphatic carbocycles. The first-order valence-electron chi connectivity index (χ1n) is 6.09. The van der Waals surface area contributed by atoms with Gasteiger partial charge >= 0.3 is 5.69 Å². The third-order valence-electron chi connectivity index (χ3n) is 2.88. The van der Waals surface area contributed by atoms with Gasteiger partial charge in [0.05, 0.1) is 11.5 Å². The summed E-state index contributed by atoms with van der Waals surface area (Å²) in [6, 6.07) is 3.27. The minimum absolute atomic E-state index is 0.00290. The Bertz CT molecular complexity index is 454. The highest BCUT2D eigenvalue weighted by molar-refractivity contribution is 9.10. The average molecular weight is 351 g/mol. The molecule has 1 rings (SSSR count). The fourth-order valence-electron chi connectivity index (χ4n) is 1.73. The molecule has 0 radical (unpaired) electrons. The third kappa shape index (κ3) is 4.99. The molecule has 6 heteroatoms. The van der Waals surface area contributed by atoms with Gasteiger partial charge in [0.1, 0.15) is 0 Å². The topological polar surface area (TPSA) is 52.4 Å². The van der Waals surface area contributed by atoms with Gasteiger partial charge in [-0.3, -0.25) is 10.1 Å².